The number of hydrogen-bond acceptors (Lipinski definition) is 4. The molecule has 0 fully saturated rings. The molecule has 2 N–H and O–H groups in total. The van der Waals surface area contributed by atoms with Crippen molar-refractivity contribution in [1.29, 1.82) is 0 Å². The number of carbonyl (C=O) groups is 1. The van der Waals surface area contributed by atoms with Crippen LogP contribution in [0.15, 0.2) is 18.2 Å². The van der Waals surface area contributed by atoms with Gasteiger partial charge in [0.1, 0.15) is 5.82 Å². The molecule has 1 aromatic heterocycles. The van der Waals surface area contributed by atoms with Crippen LogP contribution in [-0.4, -0.2) is 28.2 Å². The largest absolute Gasteiger partial charge is 0.494 e. The highest BCUT2D eigenvalue weighted by molar-refractivity contribution is 5.90. The monoisotopic (exact) mass is 264 g/mol. The summed E-state index contributed by atoms with van der Waals surface area (Å²) in [5.41, 5.74) is 0.544. The summed E-state index contributed by atoms with van der Waals surface area (Å²) < 4.78 is 18.2. The number of nitrogens with zero attached hydrogens (tertiary/aromatic N) is 2. The maximum Gasteiger partial charge on any atom is 0.248 e. The number of methoxy groups -OCH3 is 1. The molecule has 19 heavy (non-hydrogen) atoms. The highest BCUT2D eigenvalue weighted by Gasteiger charge is 2.09. The Morgan fingerprint density at radius 1 is 1.53 bits per heavy atom. The van der Waals surface area contributed by atoms with E-state index < -0.39 is 5.82 Å². The summed E-state index contributed by atoms with van der Waals surface area (Å²) in [7, 11) is 1.39. The summed E-state index contributed by atoms with van der Waals surface area (Å²) in [5.74, 6) is 0.140. The average Bonchev–Trinajstić information content (AvgIpc) is 2.74. The minimum Gasteiger partial charge on any atom is -0.494 e. The molecule has 1 aromatic carbocycles. The molecule has 7 heteroatoms. The molecule has 0 saturated heterocycles. The van der Waals surface area contributed by atoms with Crippen LogP contribution >= 0.6 is 0 Å². The van der Waals surface area contributed by atoms with Crippen LogP contribution in [0.3, 0.4) is 0 Å². The number of rotatable bonds is 4. The predicted molar refractivity (Wildman–Crippen MR) is 66.4 cm³/mol. The van der Waals surface area contributed by atoms with Crippen molar-refractivity contribution in [3.8, 4) is 5.75 Å². The number of carbonyl (C=O) groups excluding carboxylic acids is 1. The number of nitrogens with one attached hydrogen (secondary N) is 2. The quantitative estimate of drug-likeness (QED) is 0.875. The zero-order chi connectivity index (χ0) is 13.8. The van der Waals surface area contributed by atoms with Gasteiger partial charge in [-0.25, -0.2) is 4.39 Å². The van der Waals surface area contributed by atoms with Crippen molar-refractivity contribution in [3.63, 3.8) is 0 Å². The highest BCUT2D eigenvalue weighted by Crippen LogP contribution is 2.18. The van der Waals surface area contributed by atoms with Crippen molar-refractivity contribution in [1.82, 2.24) is 15.2 Å². The molecule has 0 radical (unpaired) electrons. The normalized spacial score (nSPS) is 10.3. The minimum atomic E-state index is -0.499. The number of ether oxygens (including phenoxy) is 1. The lowest BCUT2D eigenvalue weighted by molar-refractivity contribution is -0.115. The second-order valence-electron chi connectivity index (χ2n) is 3.94. The Labute approximate surface area is 109 Å². The molecule has 6 nitrogen and oxygen atoms in total. The average molecular weight is 264 g/mol. The summed E-state index contributed by atoms with van der Waals surface area (Å²) in [5, 5.41) is 8.90. The molecule has 1 heterocycles. The van der Waals surface area contributed by atoms with Crippen molar-refractivity contribution in [3.05, 3.63) is 35.4 Å². The molecular formula is C12H13FN4O2. The van der Waals surface area contributed by atoms with Crippen molar-refractivity contribution < 1.29 is 13.9 Å². The zero-order valence-electron chi connectivity index (χ0n) is 10.5. The number of H-pyrrole nitrogens is 1. The first kappa shape index (κ1) is 13.0. The second-order valence-corrected chi connectivity index (χ2v) is 3.94. The Hall–Kier alpha value is -2.44. The van der Waals surface area contributed by atoms with Crippen LogP contribution in [0.25, 0.3) is 0 Å². The van der Waals surface area contributed by atoms with E-state index in [1.165, 1.54) is 19.2 Å². The van der Waals surface area contributed by atoms with Gasteiger partial charge < -0.3 is 4.74 Å². The summed E-state index contributed by atoms with van der Waals surface area (Å²) in [4.78, 5) is 15.6. The van der Waals surface area contributed by atoms with Gasteiger partial charge in [0, 0.05) is 0 Å². The van der Waals surface area contributed by atoms with Gasteiger partial charge >= 0.3 is 0 Å². The molecule has 0 spiro atoms. The SMILES string of the molecule is COc1ccc(CC(=O)Nc2n[nH]c(C)n2)cc1F. The molecule has 0 atom stereocenters. The van der Waals surface area contributed by atoms with Crippen LogP contribution in [0.4, 0.5) is 10.3 Å². The topological polar surface area (TPSA) is 79.9 Å². The fourth-order valence-electron chi connectivity index (χ4n) is 1.57. The maximum absolute atomic E-state index is 13.4. The number of anilines is 1. The summed E-state index contributed by atoms with van der Waals surface area (Å²) in [6, 6.07) is 4.38. The fraction of sp³-hybridized carbons (Fsp3) is 0.250. The fourth-order valence-corrected chi connectivity index (χ4v) is 1.57. The molecule has 0 bridgehead atoms. The van der Waals surface area contributed by atoms with Crippen molar-refractivity contribution in [2.75, 3.05) is 12.4 Å². The van der Waals surface area contributed by atoms with E-state index in [0.29, 0.717) is 11.4 Å². The Bertz CT molecular complexity index is 597. The van der Waals surface area contributed by atoms with Gasteiger partial charge in [0.15, 0.2) is 11.6 Å². The molecule has 1 amide bonds. The molecule has 2 rings (SSSR count). The molecule has 100 valence electrons. The number of halogens is 1. The van der Waals surface area contributed by atoms with Gasteiger partial charge in [-0.15, -0.1) is 5.10 Å². The van der Waals surface area contributed by atoms with Crippen LogP contribution in [0.2, 0.25) is 0 Å². The first-order chi connectivity index (χ1) is 9.08. The predicted octanol–water partition coefficient (Wildman–Crippen LogP) is 1.44. The van der Waals surface area contributed by atoms with Crippen molar-refractivity contribution in [2.24, 2.45) is 0 Å². The lowest BCUT2D eigenvalue weighted by Crippen LogP contribution is -2.15. The molecule has 0 aliphatic carbocycles. The number of aryl methyl sites for hydroxylation is 1. The minimum absolute atomic E-state index is 0.0362. The van der Waals surface area contributed by atoms with Gasteiger partial charge in [-0.05, 0) is 24.6 Å². The summed E-state index contributed by atoms with van der Waals surface area (Å²) in [6.45, 7) is 1.72. The van der Waals surface area contributed by atoms with Gasteiger partial charge in [0.05, 0.1) is 13.5 Å². The standard InChI is InChI=1S/C12H13FN4O2/c1-7-14-12(17-16-7)15-11(18)6-8-3-4-10(19-2)9(13)5-8/h3-5H,6H2,1-2H3,(H2,14,15,16,17,18). The van der Waals surface area contributed by atoms with E-state index in [0.717, 1.165) is 0 Å². The summed E-state index contributed by atoms with van der Waals surface area (Å²) >= 11 is 0. The number of aromatic nitrogens is 3. The van der Waals surface area contributed by atoms with Gasteiger partial charge in [0.25, 0.3) is 0 Å². The van der Waals surface area contributed by atoms with Gasteiger partial charge in [-0.3, -0.25) is 15.2 Å². The van der Waals surface area contributed by atoms with E-state index in [9.17, 15) is 9.18 Å². The summed E-state index contributed by atoms with van der Waals surface area (Å²) in [6.07, 6.45) is 0.0362. The van der Waals surface area contributed by atoms with Crippen LogP contribution in [0, 0.1) is 12.7 Å². The smallest absolute Gasteiger partial charge is 0.248 e. The van der Waals surface area contributed by atoms with Crippen LogP contribution in [0.1, 0.15) is 11.4 Å². The second kappa shape index (κ2) is 5.47. The lowest BCUT2D eigenvalue weighted by atomic mass is 10.1. The molecular weight excluding hydrogens is 251 g/mol. The lowest BCUT2D eigenvalue weighted by Gasteiger charge is -2.05. The Morgan fingerprint density at radius 2 is 2.32 bits per heavy atom. The van der Waals surface area contributed by atoms with Crippen LogP contribution in [0.5, 0.6) is 5.75 Å². The number of benzene rings is 1. The Balaban J connectivity index is 2.00. The van der Waals surface area contributed by atoms with Gasteiger partial charge in [-0.2, -0.15) is 4.98 Å². The van der Waals surface area contributed by atoms with E-state index in [4.69, 9.17) is 4.74 Å². The van der Waals surface area contributed by atoms with E-state index in [-0.39, 0.29) is 24.0 Å². The molecule has 0 aliphatic heterocycles. The van der Waals surface area contributed by atoms with E-state index in [1.54, 1.807) is 13.0 Å². The third-order valence-electron chi connectivity index (χ3n) is 2.43. The zero-order valence-corrected chi connectivity index (χ0v) is 10.5. The molecule has 0 saturated carbocycles. The number of amides is 1. The Kier molecular flexibility index (Phi) is 3.74. The first-order valence-corrected chi connectivity index (χ1v) is 5.60. The third-order valence-corrected chi connectivity index (χ3v) is 2.43. The van der Waals surface area contributed by atoms with Gasteiger partial charge in [-0.1, -0.05) is 6.07 Å². The molecule has 0 unspecified atom stereocenters. The van der Waals surface area contributed by atoms with Crippen LogP contribution < -0.4 is 10.1 Å². The van der Waals surface area contributed by atoms with Crippen molar-refractivity contribution in [2.45, 2.75) is 13.3 Å². The van der Waals surface area contributed by atoms with E-state index in [1.807, 2.05) is 0 Å². The third kappa shape index (κ3) is 3.27. The van der Waals surface area contributed by atoms with Crippen molar-refractivity contribution >= 4 is 11.9 Å². The number of aromatic amines is 1. The molecule has 0 aliphatic rings. The number of hydrogen-bond donors (Lipinski definition) is 2. The first-order valence-electron chi connectivity index (χ1n) is 5.60. The molecule has 2 aromatic rings. The van der Waals surface area contributed by atoms with Crippen LogP contribution in [-0.2, 0) is 11.2 Å². The van der Waals surface area contributed by atoms with E-state index >= 15 is 0 Å². The van der Waals surface area contributed by atoms with Gasteiger partial charge in [0.2, 0.25) is 11.9 Å². The Morgan fingerprint density at radius 3 is 2.89 bits per heavy atom. The van der Waals surface area contributed by atoms with E-state index in [2.05, 4.69) is 20.5 Å². The highest BCUT2D eigenvalue weighted by atomic mass is 19.1. The maximum atomic E-state index is 13.4.